The molecular formula is C15H23NO3. The van der Waals surface area contributed by atoms with Crippen molar-refractivity contribution in [2.24, 2.45) is 0 Å². The van der Waals surface area contributed by atoms with Gasteiger partial charge >= 0.3 is 5.97 Å². The van der Waals surface area contributed by atoms with Crippen molar-refractivity contribution in [1.29, 1.82) is 0 Å². The van der Waals surface area contributed by atoms with Gasteiger partial charge in [-0.05, 0) is 32.4 Å². The van der Waals surface area contributed by atoms with Crippen molar-refractivity contribution in [2.75, 3.05) is 6.54 Å². The summed E-state index contributed by atoms with van der Waals surface area (Å²) in [6, 6.07) is 5.82. The lowest BCUT2D eigenvalue weighted by Gasteiger charge is -2.17. The quantitative estimate of drug-likeness (QED) is 0.710. The number of carboxylic acid groups (broad SMARTS) is 1. The van der Waals surface area contributed by atoms with E-state index in [2.05, 4.69) is 12.2 Å². The molecule has 0 saturated carbocycles. The predicted octanol–water partition coefficient (Wildman–Crippen LogP) is 2.74. The van der Waals surface area contributed by atoms with Crippen LogP contribution in [0.25, 0.3) is 0 Å². The number of aryl methyl sites for hydroxylation is 1. The zero-order chi connectivity index (χ0) is 14.3. The fourth-order valence-electron chi connectivity index (χ4n) is 1.82. The van der Waals surface area contributed by atoms with Crippen LogP contribution < -0.4 is 10.1 Å². The smallest absolute Gasteiger partial charge is 0.344 e. The molecule has 0 aliphatic rings. The molecule has 4 nitrogen and oxygen atoms in total. The predicted molar refractivity (Wildman–Crippen MR) is 75.5 cm³/mol. The van der Waals surface area contributed by atoms with Crippen molar-refractivity contribution in [3.8, 4) is 5.75 Å². The van der Waals surface area contributed by atoms with Crippen molar-refractivity contribution in [3.05, 3.63) is 29.3 Å². The summed E-state index contributed by atoms with van der Waals surface area (Å²) in [4.78, 5) is 11.0. The molecule has 0 bridgehead atoms. The number of benzene rings is 1. The van der Waals surface area contributed by atoms with Crippen molar-refractivity contribution in [1.82, 2.24) is 5.32 Å². The number of hydrogen-bond acceptors (Lipinski definition) is 3. The van der Waals surface area contributed by atoms with E-state index in [0.29, 0.717) is 18.7 Å². The molecule has 1 rings (SSSR count). The topological polar surface area (TPSA) is 58.6 Å². The van der Waals surface area contributed by atoms with E-state index in [-0.39, 0.29) is 0 Å². The molecule has 0 saturated heterocycles. The van der Waals surface area contributed by atoms with Crippen LogP contribution in [0.15, 0.2) is 18.2 Å². The van der Waals surface area contributed by atoms with Gasteiger partial charge in [0.25, 0.3) is 0 Å². The van der Waals surface area contributed by atoms with Gasteiger partial charge in [0.05, 0.1) is 0 Å². The van der Waals surface area contributed by atoms with Crippen LogP contribution in [-0.2, 0) is 11.3 Å². The van der Waals surface area contributed by atoms with E-state index < -0.39 is 12.1 Å². The number of nitrogens with one attached hydrogen (secondary N) is 1. The first-order valence-electron chi connectivity index (χ1n) is 6.78. The second-order valence-electron chi connectivity index (χ2n) is 4.64. The summed E-state index contributed by atoms with van der Waals surface area (Å²) in [5, 5.41) is 12.4. The van der Waals surface area contributed by atoms with Crippen molar-refractivity contribution in [3.63, 3.8) is 0 Å². The first-order chi connectivity index (χ1) is 9.08. The van der Waals surface area contributed by atoms with Gasteiger partial charge in [-0.1, -0.05) is 31.5 Å². The zero-order valence-electron chi connectivity index (χ0n) is 11.9. The normalized spacial score (nSPS) is 12.2. The van der Waals surface area contributed by atoms with E-state index in [1.807, 2.05) is 32.0 Å². The summed E-state index contributed by atoms with van der Waals surface area (Å²) < 4.78 is 5.60. The standard InChI is InChI=1S/C15H23NO3/c1-4-8-16-10-12-9-11(3)6-7-14(12)19-13(5-2)15(17)18/h6-7,9,13,16H,4-5,8,10H2,1-3H3,(H,17,18). The molecule has 106 valence electrons. The van der Waals surface area contributed by atoms with E-state index in [4.69, 9.17) is 9.84 Å². The van der Waals surface area contributed by atoms with Crippen LogP contribution in [0.4, 0.5) is 0 Å². The minimum atomic E-state index is -0.921. The molecule has 0 radical (unpaired) electrons. The molecule has 0 aliphatic carbocycles. The second kappa shape index (κ2) is 7.79. The summed E-state index contributed by atoms with van der Waals surface area (Å²) in [7, 11) is 0. The molecule has 1 atom stereocenters. The van der Waals surface area contributed by atoms with Crippen LogP contribution in [0.5, 0.6) is 5.75 Å². The largest absolute Gasteiger partial charge is 0.479 e. The van der Waals surface area contributed by atoms with Gasteiger partial charge in [-0.25, -0.2) is 4.79 Å². The number of carbonyl (C=O) groups is 1. The molecule has 0 fully saturated rings. The van der Waals surface area contributed by atoms with Gasteiger partial charge in [0, 0.05) is 12.1 Å². The Hall–Kier alpha value is -1.55. The SMILES string of the molecule is CCCNCc1cc(C)ccc1OC(CC)C(=O)O. The van der Waals surface area contributed by atoms with E-state index >= 15 is 0 Å². The Morgan fingerprint density at radius 2 is 2.16 bits per heavy atom. The molecule has 0 spiro atoms. The molecule has 0 amide bonds. The Morgan fingerprint density at radius 1 is 1.42 bits per heavy atom. The summed E-state index contributed by atoms with van der Waals surface area (Å²) >= 11 is 0. The average Bonchev–Trinajstić information content (AvgIpc) is 2.37. The highest BCUT2D eigenvalue weighted by Crippen LogP contribution is 2.22. The molecule has 0 aromatic heterocycles. The minimum absolute atomic E-state index is 0.449. The summed E-state index contributed by atoms with van der Waals surface area (Å²) in [5.41, 5.74) is 2.15. The van der Waals surface area contributed by atoms with Gasteiger partial charge in [-0.2, -0.15) is 0 Å². The lowest BCUT2D eigenvalue weighted by atomic mass is 10.1. The third kappa shape index (κ3) is 4.91. The molecule has 1 aromatic carbocycles. The number of carboxylic acids is 1. The van der Waals surface area contributed by atoms with Crippen molar-refractivity contribution < 1.29 is 14.6 Å². The van der Waals surface area contributed by atoms with Gasteiger partial charge in [-0.15, -0.1) is 0 Å². The zero-order valence-corrected chi connectivity index (χ0v) is 11.9. The average molecular weight is 265 g/mol. The van der Waals surface area contributed by atoms with Gasteiger partial charge in [0.15, 0.2) is 6.10 Å². The number of hydrogen-bond donors (Lipinski definition) is 2. The summed E-state index contributed by atoms with van der Waals surface area (Å²) in [6.45, 7) is 7.56. The molecular weight excluding hydrogens is 242 g/mol. The Labute approximate surface area is 114 Å². The Balaban J connectivity index is 2.83. The van der Waals surface area contributed by atoms with Gasteiger partial charge < -0.3 is 15.2 Å². The highest BCUT2D eigenvalue weighted by atomic mass is 16.5. The van der Waals surface area contributed by atoms with E-state index in [1.165, 1.54) is 0 Å². The number of rotatable bonds is 8. The lowest BCUT2D eigenvalue weighted by Crippen LogP contribution is -2.27. The van der Waals surface area contributed by atoms with Crippen molar-refractivity contribution >= 4 is 5.97 Å². The van der Waals surface area contributed by atoms with Crippen LogP contribution in [-0.4, -0.2) is 23.7 Å². The first-order valence-corrected chi connectivity index (χ1v) is 6.78. The number of aliphatic carboxylic acids is 1. The Kier molecular flexibility index (Phi) is 6.36. The van der Waals surface area contributed by atoms with Gasteiger partial charge in [-0.3, -0.25) is 0 Å². The molecule has 0 heterocycles. The molecule has 19 heavy (non-hydrogen) atoms. The molecule has 2 N–H and O–H groups in total. The summed E-state index contributed by atoms with van der Waals surface area (Å²) in [6.07, 6.45) is 0.729. The van der Waals surface area contributed by atoms with Crippen LogP contribution >= 0.6 is 0 Å². The van der Waals surface area contributed by atoms with Gasteiger partial charge in [0.2, 0.25) is 0 Å². The number of ether oxygens (including phenoxy) is 1. The second-order valence-corrected chi connectivity index (χ2v) is 4.64. The van der Waals surface area contributed by atoms with Crippen LogP contribution in [0.1, 0.15) is 37.8 Å². The third-order valence-corrected chi connectivity index (χ3v) is 2.87. The molecule has 0 aliphatic heterocycles. The van der Waals surface area contributed by atoms with E-state index in [9.17, 15) is 4.79 Å². The maximum atomic E-state index is 11.0. The lowest BCUT2D eigenvalue weighted by molar-refractivity contribution is -0.145. The fourth-order valence-corrected chi connectivity index (χ4v) is 1.82. The monoisotopic (exact) mass is 265 g/mol. The van der Waals surface area contributed by atoms with Crippen LogP contribution in [0.2, 0.25) is 0 Å². The first kappa shape index (κ1) is 15.5. The maximum absolute atomic E-state index is 11.0. The third-order valence-electron chi connectivity index (χ3n) is 2.87. The van der Waals surface area contributed by atoms with Gasteiger partial charge in [0.1, 0.15) is 5.75 Å². The highest BCUT2D eigenvalue weighted by Gasteiger charge is 2.18. The maximum Gasteiger partial charge on any atom is 0.344 e. The summed E-state index contributed by atoms with van der Waals surface area (Å²) in [5.74, 6) is -0.265. The van der Waals surface area contributed by atoms with E-state index in [1.54, 1.807) is 0 Å². The van der Waals surface area contributed by atoms with Crippen LogP contribution in [0, 0.1) is 6.92 Å². The Morgan fingerprint density at radius 3 is 2.74 bits per heavy atom. The minimum Gasteiger partial charge on any atom is -0.479 e. The van der Waals surface area contributed by atoms with E-state index in [0.717, 1.165) is 24.1 Å². The molecule has 1 unspecified atom stereocenters. The fraction of sp³-hybridized carbons (Fsp3) is 0.533. The van der Waals surface area contributed by atoms with Crippen LogP contribution in [0.3, 0.4) is 0 Å². The Bertz CT molecular complexity index is 418. The highest BCUT2D eigenvalue weighted by molar-refractivity contribution is 5.72. The molecule has 4 heteroatoms. The van der Waals surface area contributed by atoms with Crippen molar-refractivity contribution in [2.45, 2.75) is 46.3 Å². The molecule has 1 aromatic rings.